The monoisotopic (exact) mass is 388 g/mol. The van der Waals surface area contributed by atoms with Crippen LogP contribution in [-0.2, 0) is 4.79 Å². The van der Waals surface area contributed by atoms with Gasteiger partial charge >= 0.3 is 0 Å². The van der Waals surface area contributed by atoms with Crippen molar-refractivity contribution in [3.63, 3.8) is 0 Å². The molecular formula is C24H24N2O3. The van der Waals surface area contributed by atoms with Crippen LogP contribution in [0, 0.1) is 20.8 Å². The zero-order valence-electron chi connectivity index (χ0n) is 16.8. The minimum absolute atomic E-state index is 0.0722. The van der Waals surface area contributed by atoms with Crippen molar-refractivity contribution in [3.8, 4) is 5.75 Å². The van der Waals surface area contributed by atoms with E-state index in [-0.39, 0.29) is 18.4 Å². The van der Waals surface area contributed by atoms with Gasteiger partial charge in [-0.25, -0.2) is 0 Å². The summed E-state index contributed by atoms with van der Waals surface area (Å²) >= 11 is 0. The van der Waals surface area contributed by atoms with Crippen LogP contribution in [0.4, 0.5) is 11.4 Å². The third kappa shape index (κ3) is 5.23. The highest BCUT2D eigenvalue weighted by molar-refractivity contribution is 6.04. The molecule has 3 aromatic carbocycles. The van der Waals surface area contributed by atoms with Crippen LogP contribution in [-0.4, -0.2) is 18.4 Å². The number of carbonyl (C=O) groups excluding carboxylic acids is 2. The van der Waals surface area contributed by atoms with Crippen LogP contribution in [0.3, 0.4) is 0 Å². The lowest BCUT2D eigenvalue weighted by molar-refractivity contribution is -0.118. The Morgan fingerprint density at radius 1 is 0.793 bits per heavy atom. The largest absolute Gasteiger partial charge is 0.483 e. The maximum Gasteiger partial charge on any atom is 0.262 e. The minimum Gasteiger partial charge on any atom is -0.483 e. The first-order valence-corrected chi connectivity index (χ1v) is 9.40. The molecular weight excluding hydrogens is 364 g/mol. The van der Waals surface area contributed by atoms with Crippen molar-refractivity contribution in [1.82, 2.24) is 0 Å². The maximum atomic E-state index is 12.3. The van der Waals surface area contributed by atoms with E-state index in [2.05, 4.69) is 10.6 Å². The SMILES string of the molecule is Cc1cc(NC(=O)COc2c(C)cccc2C)ccc1NC(=O)c1ccccc1. The van der Waals surface area contributed by atoms with Gasteiger partial charge in [0, 0.05) is 16.9 Å². The fraction of sp³-hybridized carbons (Fsp3) is 0.167. The first kappa shape index (κ1) is 20.1. The summed E-state index contributed by atoms with van der Waals surface area (Å²) in [5.41, 5.74) is 4.77. The number of carbonyl (C=O) groups is 2. The Bertz CT molecular complexity index is 1010. The van der Waals surface area contributed by atoms with Crippen LogP contribution in [0.2, 0.25) is 0 Å². The van der Waals surface area contributed by atoms with Gasteiger partial charge in [-0.3, -0.25) is 9.59 Å². The Balaban J connectivity index is 1.60. The van der Waals surface area contributed by atoms with Gasteiger partial charge in [0.15, 0.2) is 6.61 Å². The zero-order valence-corrected chi connectivity index (χ0v) is 16.8. The zero-order chi connectivity index (χ0) is 20.8. The second-order valence-electron chi connectivity index (χ2n) is 6.91. The second-order valence-corrected chi connectivity index (χ2v) is 6.91. The Morgan fingerprint density at radius 3 is 2.14 bits per heavy atom. The highest BCUT2D eigenvalue weighted by Crippen LogP contribution is 2.23. The van der Waals surface area contributed by atoms with Gasteiger partial charge in [-0.2, -0.15) is 0 Å². The number of anilines is 2. The van der Waals surface area contributed by atoms with Crippen molar-refractivity contribution in [2.75, 3.05) is 17.2 Å². The molecule has 3 aromatic rings. The van der Waals surface area contributed by atoms with Gasteiger partial charge in [0.2, 0.25) is 0 Å². The predicted octanol–water partition coefficient (Wildman–Crippen LogP) is 4.88. The molecule has 0 spiro atoms. The molecule has 0 aliphatic heterocycles. The second kappa shape index (κ2) is 9.06. The van der Waals surface area contributed by atoms with Gasteiger partial charge in [0.1, 0.15) is 5.75 Å². The smallest absolute Gasteiger partial charge is 0.262 e. The van der Waals surface area contributed by atoms with Crippen LogP contribution < -0.4 is 15.4 Å². The summed E-state index contributed by atoms with van der Waals surface area (Å²) in [4.78, 5) is 24.6. The van der Waals surface area contributed by atoms with E-state index in [9.17, 15) is 9.59 Å². The summed E-state index contributed by atoms with van der Waals surface area (Å²) in [6.07, 6.45) is 0. The predicted molar refractivity (Wildman–Crippen MR) is 116 cm³/mol. The summed E-state index contributed by atoms with van der Waals surface area (Å²) in [6.45, 7) is 5.71. The molecule has 0 heterocycles. The number of aryl methyl sites for hydroxylation is 3. The van der Waals surface area contributed by atoms with Gasteiger partial charge in [-0.1, -0.05) is 36.4 Å². The normalized spacial score (nSPS) is 10.3. The standard InChI is InChI=1S/C24H24N2O3/c1-16-8-7-9-17(2)23(16)29-15-22(27)25-20-12-13-21(18(3)14-20)26-24(28)19-10-5-4-6-11-19/h4-14H,15H2,1-3H3,(H,25,27)(H,26,28). The topological polar surface area (TPSA) is 67.4 Å². The van der Waals surface area contributed by atoms with E-state index in [0.29, 0.717) is 16.9 Å². The Hall–Kier alpha value is -3.60. The first-order valence-electron chi connectivity index (χ1n) is 9.40. The Labute approximate surface area is 170 Å². The summed E-state index contributed by atoms with van der Waals surface area (Å²) in [6, 6.07) is 20.2. The minimum atomic E-state index is -0.242. The van der Waals surface area contributed by atoms with Gasteiger partial charge in [0.25, 0.3) is 11.8 Å². The van der Waals surface area contributed by atoms with Crippen molar-refractivity contribution in [1.29, 1.82) is 0 Å². The molecule has 2 amide bonds. The molecule has 0 unspecified atom stereocenters. The molecule has 29 heavy (non-hydrogen) atoms. The molecule has 0 aliphatic carbocycles. The molecule has 3 rings (SSSR count). The van der Waals surface area contributed by atoms with Crippen LogP contribution in [0.15, 0.2) is 66.7 Å². The number of rotatable bonds is 6. The lowest BCUT2D eigenvalue weighted by Crippen LogP contribution is -2.21. The fourth-order valence-corrected chi connectivity index (χ4v) is 3.03. The average molecular weight is 388 g/mol. The first-order chi connectivity index (χ1) is 13.9. The Kier molecular flexibility index (Phi) is 6.29. The van der Waals surface area contributed by atoms with Gasteiger partial charge in [-0.15, -0.1) is 0 Å². The molecule has 0 atom stereocenters. The van der Waals surface area contributed by atoms with Gasteiger partial charge in [0.05, 0.1) is 0 Å². The van der Waals surface area contributed by atoms with Crippen molar-refractivity contribution >= 4 is 23.2 Å². The number of hydrogen-bond acceptors (Lipinski definition) is 3. The molecule has 0 aromatic heterocycles. The molecule has 5 nitrogen and oxygen atoms in total. The lowest BCUT2D eigenvalue weighted by atomic mass is 10.1. The summed E-state index contributed by atoms with van der Waals surface area (Å²) in [5.74, 6) is 0.318. The number of nitrogens with one attached hydrogen (secondary N) is 2. The van der Waals surface area contributed by atoms with Gasteiger partial charge < -0.3 is 15.4 Å². The highest BCUT2D eigenvalue weighted by Gasteiger charge is 2.10. The fourth-order valence-electron chi connectivity index (χ4n) is 3.03. The molecule has 0 radical (unpaired) electrons. The average Bonchev–Trinajstić information content (AvgIpc) is 2.70. The molecule has 0 fully saturated rings. The maximum absolute atomic E-state index is 12.3. The quantitative estimate of drug-likeness (QED) is 0.632. The van der Waals surface area contributed by atoms with E-state index in [1.54, 1.807) is 24.3 Å². The summed E-state index contributed by atoms with van der Waals surface area (Å²) < 4.78 is 5.69. The Morgan fingerprint density at radius 2 is 1.48 bits per heavy atom. The molecule has 0 aliphatic rings. The number of para-hydroxylation sites is 1. The molecule has 0 saturated carbocycles. The van der Waals surface area contributed by atoms with Crippen molar-refractivity contribution in [2.45, 2.75) is 20.8 Å². The molecule has 5 heteroatoms. The summed E-state index contributed by atoms with van der Waals surface area (Å²) in [7, 11) is 0. The van der Waals surface area contributed by atoms with Crippen LogP contribution in [0.25, 0.3) is 0 Å². The van der Waals surface area contributed by atoms with E-state index >= 15 is 0 Å². The molecule has 148 valence electrons. The van der Waals surface area contributed by atoms with E-state index in [4.69, 9.17) is 4.74 Å². The highest BCUT2D eigenvalue weighted by atomic mass is 16.5. The van der Waals surface area contributed by atoms with E-state index < -0.39 is 0 Å². The van der Waals surface area contributed by atoms with Crippen LogP contribution >= 0.6 is 0 Å². The van der Waals surface area contributed by atoms with E-state index in [0.717, 1.165) is 22.4 Å². The third-order valence-corrected chi connectivity index (χ3v) is 4.55. The molecule has 0 saturated heterocycles. The van der Waals surface area contributed by atoms with E-state index in [1.807, 2.05) is 63.2 Å². The van der Waals surface area contributed by atoms with Crippen LogP contribution in [0.5, 0.6) is 5.75 Å². The van der Waals surface area contributed by atoms with Crippen molar-refractivity contribution < 1.29 is 14.3 Å². The third-order valence-electron chi connectivity index (χ3n) is 4.55. The number of hydrogen-bond donors (Lipinski definition) is 2. The number of ether oxygens (including phenoxy) is 1. The lowest BCUT2D eigenvalue weighted by Gasteiger charge is -2.13. The molecule has 0 bridgehead atoms. The van der Waals surface area contributed by atoms with Crippen molar-refractivity contribution in [2.24, 2.45) is 0 Å². The van der Waals surface area contributed by atoms with Crippen molar-refractivity contribution in [3.05, 3.63) is 89.0 Å². The molecule has 2 N–H and O–H groups in total. The number of benzene rings is 3. The number of amides is 2. The van der Waals surface area contributed by atoms with Gasteiger partial charge in [-0.05, 0) is 67.8 Å². The summed E-state index contributed by atoms with van der Waals surface area (Å²) in [5, 5.41) is 5.72. The van der Waals surface area contributed by atoms with Crippen LogP contribution in [0.1, 0.15) is 27.0 Å². The van der Waals surface area contributed by atoms with E-state index in [1.165, 1.54) is 0 Å².